The molecule has 2 nitrogen and oxygen atoms in total. The lowest BCUT2D eigenvalue weighted by Gasteiger charge is -2.43. The van der Waals surface area contributed by atoms with Crippen molar-refractivity contribution in [3.05, 3.63) is 34.3 Å². The molecule has 0 amide bonds. The molecule has 1 aliphatic heterocycles. The molecule has 0 radical (unpaired) electrons. The van der Waals surface area contributed by atoms with Crippen LogP contribution in [-0.4, -0.2) is 23.0 Å². The molecule has 0 saturated carbocycles. The first-order valence-electron chi connectivity index (χ1n) is 7.17. The van der Waals surface area contributed by atoms with Crippen LogP contribution in [0.15, 0.2) is 28.7 Å². The van der Waals surface area contributed by atoms with Crippen molar-refractivity contribution in [2.45, 2.75) is 57.7 Å². The van der Waals surface area contributed by atoms with Crippen molar-refractivity contribution >= 4 is 15.9 Å². The molecule has 0 aliphatic carbocycles. The van der Waals surface area contributed by atoms with Crippen molar-refractivity contribution in [1.82, 2.24) is 4.90 Å². The molecule has 2 rings (SSSR count). The Hall–Kier alpha value is -0.380. The molecule has 1 aromatic rings. The first-order chi connectivity index (χ1) is 8.89. The van der Waals surface area contributed by atoms with Gasteiger partial charge in [-0.15, -0.1) is 0 Å². The summed E-state index contributed by atoms with van der Waals surface area (Å²) in [5, 5.41) is 0. The number of halogens is 1. The summed E-state index contributed by atoms with van der Waals surface area (Å²) in [5.74, 6) is 0. The first-order valence-corrected chi connectivity index (χ1v) is 7.96. The molecular formula is C16H25BrN2. The van der Waals surface area contributed by atoms with Crippen LogP contribution < -0.4 is 5.73 Å². The van der Waals surface area contributed by atoms with E-state index in [0.717, 1.165) is 17.4 Å². The molecule has 1 aliphatic rings. The lowest BCUT2D eigenvalue weighted by Crippen LogP contribution is -2.49. The predicted molar refractivity (Wildman–Crippen MR) is 85.2 cm³/mol. The highest BCUT2D eigenvalue weighted by molar-refractivity contribution is 9.10. The number of rotatable bonds is 1. The van der Waals surface area contributed by atoms with E-state index in [9.17, 15) is 0 Å². The zero-order valence-corrected chi connectivity index (χ0v) is 13.8. The number of hydrogen-bond acceptors (Lipinski definition) is 2. The maximum atomic E-state index is 6.48. The van der Waals surface area contributed by atoms with Gasteiger partial charge in [-0.3, -0.25) is 4.90 Å². The van der Waals surface area contributed by atoms with Gasteiger partial charge in [0.2, 0.25) is 0 Å². The van der Waals surface area contributed by atoms with Gasteiger partial charge in [0.1, 0.15) is 0 Å². The van der Waals surface area contributed by atoms with E-state index in [1.54, 1.807) is 0 Å². The Balaban J connectivity index is 2.36. The van der Waals surface area contributed by atoms with Gasteiger partial charge in [-0.1, -0.05) is 34.5 Å². The molecule has 1 fully saturated rings. The lowest BCUT2D eigenvalue weighted by molar-refractivity contribution is 0.0755. The van der Waals surface area contributed by atoms with E-state index in [1.165, 1.54) is 18.4 Å². The Bertz CT molecular complexity index is 408. The topological polar surface area (TPSA) is 29.3 Å². The van der Waals surface area contributed by atoms with Gasteiger partial charge >= 0.3 is 0 Å². The fourth-order valence-corrected chi connectivity index (χ4v) is 3.29. The van der Waals surface area contributed by atoms with Crippen LogP contribution in [0.1, 0.15) is 51.6 Å². The van der Waals surface area contributed by atoms with Gasteiger partial charge in [-0.2, -0.15) is 0 Å². The van der Waals surface area contributed by atoms with Gasteiger partial charge in [0, 0.05) is 16.1 Å². The van der Waals surface area contributed by atoms with Crippen molar-refractivity contribution in [1.29, 1.82) is 0 Å². The second-order valence-electron chi connectivity index (χ2n) is 6.52. The molecule has 106 valence electrons. The third kappa shape index (κ3) is 3.59. The van der Waals surface area contributed by atoms with Crippen LogP contribution in [0.5, 0.6) is 0 Å². The highest BCUT2D eigenvalue weighted by Gasteiger charge is 2.34. The molecule has 2 N–H and O–H groups in total. The highest BCUT2D eigenvalue weighted by atomic mass is 79.9. The van der Waals surface area contributed by atoms with E-state index in [-0.39, 0.29) is 11.6 Å². The molecule has 0 bridgehead atoms. The molecule has 2 atom stereocenters. The SMILES string of the molecule is CC(C)(C)N1CCCCC(N)C1c1ccc(Br)cc1. The Morgan fingerprint density at radius 3 is 2.37 bits per heavy atom. The molecule has 0 aromatic heterocycles. The van der Waals surface area contributed by atoms with Crippen LogP contribution in [-0.2, 0) is 0 Å². The van der Waals surface area contributed by atoms with Crippen LogP contribution >= 0.6 is 15.9 Å². The molecule has 1 heterocycles. The highest BCUT2D eigenvalue weighted by Crippen LogP contribution is 2.35. The average molecular weight is 325 g/mol. The van der Waals surface area contributed by atoms with Gasteiger partial charge in [-0.25, -0.2) is 0 Å². The number of likely N-dealkylation sites (tertiary alicyclic amines) is 1. The standard InChI is InChI=1S/C16H25BrN2/c1-16(2,3)19-11-5-4-6-14(18)15(19)12-7-9-13(17)10-8-12/h7-10,14-15H,4-6,11,18H2,1-3H3. The third-order valence-corrected chi connectivity index (χ3v) is 4.53. The molecule has 1 saturated heterocycles. The summed E-state index contributed by atoms with van der Waals surface area (Å²) in [5.41, 5.74) is 7.98. The summed E-state index contributed by atoms with van der Waals surface area (Å²) in [7, 11) is 0. The normalized spacial score (nSPS) is 26.2. The zero-order valence-electron chi connectivity index (χ0n) is 12.2. The van der Waals surface area contributed by atoms with Gasteiger partial charge < -0.3 is 5.73 Å². The second-order valence-corrected chi connectivity index (χ2v) is 7.44. The molecule has 19 heavy (non-hydrogen) atoms. The van der Waals surface area contributed by atoms with Crippen molar-refractivity contribution in [3.63, 3.8) is 0 Å². The fourth-order valence-electron chi connectivity index (χ4n) is 3.03. The van der Waals surface area contributed by atoms with E-state index in [0.29, 0.717) is 6.04 Å². The summed E-state index contributed by atoms with van der Waals surface area (Å²) in [6, 6.07) is 9.21. The minimum atomic E-state index is 0.152. The summed E-state index contributed by atoms with van der Waals surface area (Å²) in [6.07, 6.45) is 3.60. The number of hydrogen-bond donors (Lipinski definition) is 1. The molecule has 2 unspecified atom stereocenters. The molecule has 1 aromatic carbocycles. The van der Waals surface area contributed by atoms with Gasteiger partial charge in [0.15, 0.2) is 0 Å². The second kappa shape index (κ2) is 5.94. The molecule has 3 heteroatoms. The van der Waals surface area contributed by atoms with E-state index < -0.39 is 0 Å². The fraction of sp³-hybridized carbons (Fsp3) is 0.625. The Morgan fingerprint density at radius 2 is 1.79 bits per heavy atom. The molecule has 0 spiro atoms. The van der Waals surface area contributed by atoms with Gasteiger partial charge in [0.05, 0.1) is 6.04 Å². The predicted octanol–water partition coefficient (Wildman–Crippen LogP) is 4.10. The van der Waals surface area contributed by atoms with Crippen LogP contribution in [0, 0.1) is 0 Å². The number of nitrogens with zero attached hydrogens (tertiary/aromatic N) is 1. The summed E-state index contributed by atoms with van der Waals surface area (Å²) in [4.78, 5) is 2.58. The van der Waals surface area contributed by atoms with Crippen LogP contribution in [0.4, 0.5) is 0 Å². The minimum Gasteiger partial charge on any atom is -0.326 e. The molecular weight excluding hydrogens is 300 g/mol. The largest absolute Gasteiger partial charge is 0.326 e. The van der Waals surface area contributed by atoms with Crippen molar-refractivity contribution in [2.75, 3.05) is 6.54 Å². The third-order valence-electron chi connectivity index (χ3n) is 4.00. The van der Waals surface area contributed by atoms with Crippen LogP contribution in [0.2, 0.25) is 0 Å². The van der Waals surface area contributed by atoms with Crippen LogP contribution in [0.25, 0.3) is 0 Å². The number of benzene rings is 1. The summed E-state index contributed by atoms with van der Waals surface area (Å²) >= 11 is 3.51. The van der Waals surface area contributed by atoms with Gasteiger partial charge in [-0.05, 0) is 57.9 Å². The average Bonchev–Trinajstić information content (AvgIpc) is 2.52. The van der Waals surface area contributed by atoms with E-state index in [1.807, 2.05) is 0 Å². The Labute approximate surface area is 125 Å². The minimum absolute atomic E-state index is 0.152. The Kier molecular flexibility index (Phi) is 4.70. The Morgan fingerprint density at radius 1 is 1.16 bits per heavy atom. The van der Waals surface area contributed by atoms with Gasteiger partial charge in [0.25, 0.3) is 0 Å². The van der Waals surface area contributed by atoms with E-state index in [4.69, 9.17) is 5.73 Å². The van der Waals surface area contributed by atoms with Crippen molar-refractivity contribution < 1.29 is 0 Å². The maximum Gasteiger partial charge on any atom is 0.0504 e. The lowest BCUT2D eigenvalue weighted by atomic mass is 9.92. The van der Waals surface area contributed by atoms with E-state index >= 15 is 0 Å². The van der Waals surface area contributed by atoms with Crippen molar-refractivity contribution in [3.8, 4) is 0 Å². The van der Waals surface area contributed by atoms with Crippen molar-refractivity contribution in [2.24, 2.45) is 5.73 Å². The first kappa shape index (κ1) is 15.0. The smallest absolute Gasteiger partial charge is 0.0504 e. The van der Waals surface area contributed by atoms with E-state index in [2.05, 4.69) is 65.9 Å². The zero-order chi connectivity index (χ0) is 14.0. The summed E-state index contributed by atoms with van der Waals surface area (Å²) in [6.45, 7) is 8.00. The number of nitrogens with two attached hydrogens (primary N) is 1. The summed E-state index contributed by atoms with van der Waals surface area (Å²) < 4.78 is 1.13. The van der Waals surface area contributed by atoms with Crippen LogP contribution in [0.3, 0.4) is 0 Å². The maximum absolute atomic E-state index is 6.48. The quantitative estimate of drug-likeness (QED) is 0.842. The monoisotopic (exact) mass is 324 g/mol.